The van der Waals surface area contributed by atoms with E-state index in [0.29, 0.717) is 45.9 Å². The van der Waals surface area contributed by atoms with Crippen LogP contribution in [0.1, 0.15) is 84.6 Å². The average molecular weight is 709 g/mol. The standard InChI is InChI=1S/C46H44N8/c1-11-24-12-16-28-32(20-24)40-47-36(28)49-41-34-22-26(45(5,6)7)14-18-30(34)38(51-41)53-43-35-23-27(46(8,9)10)15-19-31(35)39(54-43)52-42-33-21-25(44(2,3)4)13-17-29(33)37(48-40)50-42/h11-23H,1H2,2-10H3,(H2,47,48,49,50,51,52,53,54). The normalized spacial score (nSPS) is 13.0. The van der Waals surface area contributed by atoms with Gasteiger partial charge >= 0.3 is 0 Å². The molecule has 268 valence electrons. The van der Waals surface area contributed by atoms with Crippen LogP contribution in [-0.2, 0) is 16.2 Å². The van der Waals surface area contributed by atoms with Crippen molar-refractivity contribution < 1.29 is 0 Å². The maximum Gasteiger partial charge on any atom is 0.164 e. The number of benzene rings is 4. The summed E-state index contributed by atoms with van der Waals surface area (Å²) in [5, 5.41) is 3.78. The summed E-state index contributed by atoms with van der Waals surface area (Å²) in [6.45, 7) is 24.0. The summed E-state index contributed by atoms with van der Waals surface area (Å²) in [5.41, 5.74) is 10.8. The number of rotatable bonds is 1. The minimum absolute atomic E-state index is 0.0664. The third-order valence-corrected chi connectivity index (χ3v) is 10.7. The molecule has 0 unspecified atom stereocenters. The van der Waals surface area contributed by atoms with Crippen molar-refractivity contribution >= 4 is 50.2 Å². The van der Waals surface area contributed by atoms with E-state index < -0.39 is 0 Å². The van der Waals surface area contributed by atoms with E-state index in [9.17, 15) is 0 Å². The molecule has 7 aromatic rings. The van der Waals surface area contributed by atoms with Crippen molar-refractivity contribution in [3.05, 3.63) is 102 Å². The van der Waals surface area contributed by atoms with Gasteiger partial charge in [0.1, 0.15) is 22.6 Å². The zero-order chi connectivity index (χ0) is 37.9. The number of hydrogen-bond acceptors (Lipinski definition) is 6. The molecule has 0 fully saturated rings. The fraction of sp³-hybridized carbons (Fsp3) is 0.261. The summed E-state index contributed by atoms with van der Waals surface area (Å²) in [4.78, 5) is 38.5. The van der Waals surface area contributed by atoms with E-state index in [4.69, 9.17) is 29.9 Å². The molecule has 3 aromatic heterocycles. The Bertz CT molecular complexity index is 2880. The first-order valence-corrected chi connectivity index (χ1v) is 18.6. The number of aromatic nitrogens is 8. The number of nitrogens with zero attached hydrogens (tertiary/aromatic N) is 6. The maximum absolute atomic E-state index is 5.29. The summed E-state index contributed by atoms with van der Waals surface area (Å²) in [5.74, 6) is 2.36. The van der Waals surface area contributed by atoms with E-state index in [1.165, 1.54) is 16.7 Å². The molecule has 0 atom stereocenters. The fourth-order valence-electron chi connectivity index (χ4n) is 7.34. The fourth-order valence-corrected chi connectivity index (χ4v) is 7.34. The molecule has 4 aromatic carbocycles. The van der Waals surface area contributed by atoms with Gasteiger partial charge in [-0.25, -0.2) is 29.9 Å². The lowest BCUT2D eigenvalue weighted by atomic mass is 9.85. The van der Waals surface area contributed by atoms with Crippen LogP contribution in [0.4, 0.5) is 0 Å². The predicted molar refractivity (Wildman–Crippen MR) is 222 cm³/mol. The van der Waals surface area contributed by atoms with Crippen LogP contribution < -0.4 is 0 Å². The maximum atomic E-state index is 5.29. The van der Waals surface area contributed by atoms with Crippen LogP contribution in [0.15, 0.2) is 79.4 Å². The van der Waals surface area contributed by atoms with E-state index in [1.807, 2.05) is 12.1 Å². The highest BCUT2D eigenvalue weighted by Gasteiger charge is 2.26. The first kappa shape index (κ1) is 33.8. The highest BCUT2D eigenvalue weighted by atomic mass is 15.1. The predicted octanol–water partition coefficient (Wildman–Crippen LogP) is 11.4. The molecule has 8 heteroatoms. The highest BCUT2D eigenvalue weighted by molar-refractivity contribution is 6.07. The first-order valence-electron chi connectivity index (χ1n) is 18.6. The molecular weight excluding hydrogens is 665 g/mol. The second-order valence-corrected chi connectivity index (χ2v) is 17.6. The molecule has 0 radical (unpaired) electrons. The van der Waals surface area contributed by atoms with Gasteiger partial charge < -0.3 is 9.97 Å². The van der Waals surface area contributed by atoms with Gasteiger partial charge in [-0.15, -0.1) is 0 Å². The largest absolute Gasteiger partial charge is 0.324 e. The second-order valence-electron chi connectivity index (χ2n) is 17.6. The van der Waals surface area contributed by atoms with Gasteiger partial charge in [-0.2, -0.15) is 0 Å². The van der Waals surface area contributed by atoms with Gasteiger partial charge in [-0.3, -0.25) is 0 Å². The van der Waals surface area contributed by atoms with Gasteiger partial charge in [0, 0.05) is 43.8 Å². The molecule has 9 rings (SSSR count). The molecule has 0 saturated heterocycles. The molecule has 0 aliphatic carbocycles. The Labute approximate surface area is 315 Å². The van der Waals surface area contributed by atoms with Crippen LogP contribution in [0.2, 0.25) is 0 Å². The summed E-state index contributed by atoms with van der Waals surface area (Å²) >= 11 is 0. The van der Waals surface area contributed by atoms with Crippen LogP contribution >= 0.6 is 0 Å². The zero-order valence-electron chi connectivity index (χ0n) is 32.4. The number of fused-ring (bicyclic) bond motifs is 20. The van der Waals surface area contributed by atoms with Crippen molar-refractivity contribution in [3.63, 3.8) is 0 Å². The van der Waals surface area contributed by atoms with Crippen molar-refractivity contribution in [2.45, 2.75) is 78.6 Å². The van der Waals surface area contributed by atoms with E-state index >= 15 is 0 Å². The van der Waals surface area contributed by atoms with Crippen LogP contribution in [0.5, 0.6) is 0 Å². The van der Waals surface area contributed by atoms with Crippen molar-refractivity contribution in [2.75, 3.05) is 0 Å². The van der Waals surface area contributed by atoms with Gasteiger partial charge in [-0.05, 0) is 68.8 Å². The van der Waals surface area contributed by atoms with Gasteiger partial charge in [-0.1, -0.05) is 117 Å². The Morgan fingerprint density at radius 1 is 0.407 bits per heavy atom. The minimum atomic E-state index is -0.0708. The zero-order valence-corrected chi connectivity index (χ0v) is 32.4. The second kappa shape index (κ2) is 11.5. The molecule has 54 heavy (non-hydrogen) atoms. The van der Waals surface area contributed by atoms with E-state index in [2.05, 4.69) is 146 Å². The summed E-state index contributed by atoms with van der Waals surface area (Å²) in [7, 11) is 0. The van der Waals surface area contributed by atoms with Crippen molar-refractivity contribution in [2.24, 2.45) is 0 Å². The van der Waals surface area contributed by atoms with Crippen molar-refractivity contribution in [3.8, 4) is 45.6 Å². The van der Waals surface area contributed by atoms with Crippen LogP contribution in [-0.4, -0.2) is 39.9 Å². The topological polar surface area (TPSA) is 109 Å². The monoisotopic (exact) mass is 708 g/mol. The SMILES string of the molecule is C=Cc1ccc2c3nc4nc(nc5[nH]c(nc6nc(nc([nH]3)c2c1)-c1ccc(C(C)(C)C)cc1-6)c1ccc(C(C)(C)C)cc51)-c1ccc(C(C)(C)C)cc1-4. The Morgan fingerprint density at radius 3 is 1.22 bits per heavy atom. The molecule has 2 N–H and O–H groups in total. The number of aromatic amines is 2. The smallest absolute Gasteiger partial charge is 0.164 e. The van der Waals surface area contributed by atoms with Crippen LogP contribution in [0.3, 0.4) is 0 Å². The lowest BCUT2D eigenvalue weighted by Gasteiger charge is -2.19. The molecule has 2 aliphatic heterocycles. The van der Waals surface area contributed by atoms with E-state index in [1.54, 1.807) is 0 Å². The average Bonchev–Trinajstić information content (AvgIpc) is 3.84. The summed E-state index contributed by atoms with van der Waals surface area (Å²) in [6, 6.07) is 25.8. The van der Waals surface area contributed by atoms with E-state index in [0.717, 1.165) is 49.4 Å². The Morgan fingerprint density at radius 2 is 0.778 bits per heavy atom. The number of H-pyrrole nitrogens is 2. The van der Waals surface area contributed by atoms with Crippen molar-refractivity contribution in [1.29, 1.82) is 0 Å². The first-order chi connectivity index (χ1) is 25.5. The molecular formula is C46H44N8. The van der Waals surface area contributed by atoms with Crippen LogP contribution in [0, 0.1) is 0 Å². The third-order valence-electron chi connectivity index (χ3n) is 10.7. The number of hydrogen-bond donors (Lipinski definition) is 2. The van der Waals surface area contributed by atoms with Gasteiger partial charge in [0.15, 0.2) is 23.3 Å². The molecule has 8 bridgehead atoms. The van der Waals surface area contributed by atoms with Crippen LogP contribution in [0.25, 0.3) is 95.8 Å². The van der Waals surface area contributed by atoms with Gasteiger partial charge in [0.25, 0.3) is 0 Å². The van der Waals surface area contributed by atoms with Gasteiger partial charge in [0.05, 0.1) is 0 Å². The lowest BCUT2D eigenvalue weighted by molar-refractivity contribution is 0.590. The van der Waals surface area contributed by atoms with Gasteiger partial charge in [0.2, 0.25) is 0 Å². The summed E-state index contributed by atoms with van der Waals surface area (Å²) in [6.07, 6.45) is 1.84. The minimum Gasteiger partial charge on any atom is -0.324 e. The van der Waals surface area contributed by atoms with E-state index in [-0.39, 0.29) is 16.2 Å². The Kier molecular flexibility index (Phi) is 7.19. The molecule has 2 aliphatic rings. The molecule has 8 nitrogen and oxygen atoms in total. The third kappa shape index (κ3) is 5.51. The molecule has 0 amide bonds. The Hall–Kier alpha value is -6.02. The number of nitrogens with one attached hydrogen (secondary N) is 2. The lowest BCUT2D eigenvalue weighted by Crippen LogP contribution is -2.10. The molecule has 0 saturated carbocycles. The molecule has 5 heterocycles. The quantitative estimate of drug-likeness (QED) is 0.176. The van der Waals surface area contributed by atoms with Crippen molar-refractivity contribution in [1.82, 2.24) is 39.9 Å². The Balaban J connectivity index is 1.47. The highest BCUT2D eigenvalue weighted by Crippen LogP contribution is 2.40. The molecule has 0 spiro atoms. The summed E-state index contributed by atoms with van der Waals surface area (Å²) < 4.78 is 0.